The van der Waals surface area contributed by atoms with Gasteiger partial charge in [0.05, 0.1) is 0 Å². The Labute approximate surface area is 111 Å². The highest BCUT2D eigenvalue weighted by molar-refractivity contribution is 5.79. The van der Waals surface area contributed by atoms with Crippen LogP contribution in [-0.4, -0.2) is 4.98 Å². The number of nitrogens with one attached hydrogen (secondary N) is 2. The van der Waals surface area contributed by atoms with Crippen molar-refractivity contribution in [1.82, 2.24) is 10.3 Å². The summed E-state index contributed by atoms with van der Waals surface area (Å²) in [6, 6.07) is 15.0. The summed E-state index contributed by atoms with van der Waals surface area (Å²) >= 11 is 0. The van der Waals surface area contributed by atoms with Gasteiger partial charge in [-0.15, -0.1) is 0 Å². The first kappa shape index (κ1) is 11.9. The first-order chi connectivity index (χ1) is 9.31. The van der Waals surface area contributed by atoms with Crippen LogP contribution in [0, 0.1) is 5.82 Å². The van der Waals surface area contributed by atoms with Crippen LogP contribution in [0.5, 0.6) is 0 Å². The lowest BCUT2D eigenvalue weighted by Crippen LogP contribution is -2.12. The summed E-state index contributed by atoms with van der Waals surface area (Å²) in [5.41, 5.74) is 3.49. The van der Waals surface area contributed by atoms with E-state index in [1.54, 1.807) is 12.1 Å². The first-order valence-corrected chi connectivity index (χ1v) is 6.32. The van der Waals surface area contributed by atoms with Gasteiger partial charge in [-0.25, -0.2) is 4.39 Å². The second-order valence-electron chi connectivity index (χ2n) is 4.63. The summed E-state index contributed by atoms with van der Waals surface area (Å²) in [7, 11) is 0. The Balaban J connectivity index is 1.61. The lowest BCUT2D eigenvalue weighted by molar-refractivity contribution is 0.625. The monoisotopic (exact) mass is 254 g/mol. The molecule has 3 rings (SSSR count). The number of rotatable bonds is 4. The van der Waals surface area contributed by atoms with E-state index in [2.05, 4.69) is 34.6 Å². The van der Waals surface area contributed by atoms with Gasteiger partial charge in [0.2, 0.25) is 0 Å². The van der Waals surface area contributed by atoms with E-state index in [0.29, 0.717) is 0 Å². The quantitative estimate of drug-likeness (QED) is 0.731. The lowest BCUT2D eigenvalue weighted by atomic mass is 10.1. The van der Waals surface area contributed by atoms with Crippen LogP contribution in [0.3, 0.4) is 0 Å². The maximum Gasteiger partial charge on any atom is 0.123 e. The Bertz CT molecular complexity index is 671. The molecule has 96 valence electrons. The summed E-state index contributed by atoms with van der Waals surface area (Å²) < 4.78 is 12.8. The molecule has 2 nitrogen and oxygen atoms in total. The van der Waals surface area contributed by atoms with Crippen LogP contribution >= 0.6 is 0 Å². The van der Waals surface area contributed by atoms with Gasteiger partial charge in [0.25, 0.3) is 0 Å². The second-order valence-corrected chi connectivity index (χ2v) is 4.63. The number of aromatic amines is 1. The Morgan fingerprint density at radius 2 is 1.63 bits per heavy atom. The number of halogens is 1. The molecule has 3 heteroatoms. The average Bonchev–Trinajstić information content (AvgIpc) is 2.88. The third kappa shape index (κ3) is 2.83. The van der Waals surface area contributed by atoms with Gasteiger partial charge in [-0.05, 0) is 46.8 Å². The fourth-order valence-corrected chi connectivity index (χ4v) is 2.17. The number of hydrogen-bond donors (Lipinski definition) is 2. The Kier molecular flexibility index (Phi) is 3.29. The van der Waals surface area contributed by atoms with E-state index in [1.807, 2.05) is 6.20 Å². The van der Waals surface area contributed by atoms with Gasteiger partial charge in [-0.3, -0.25) is 0 Å². The summed E-state index contributed by atoms with van der Waals surface area (Å²) in [5, 5.41) is 4.58. The van der Waals surface area contributed by atoms with E-state index in [0.717, 1.165) is 24.2 Å². The molecule has 0 aliphatic heterocycles. The van der Waals surface area contributed by atoms with Gasteiger partial charge in [-0.1, -0.05) is 18.2 Å². The van der Waals surface area contributed by atoms with Crippen LogP contribution in [0.4, 0.5) is 4.39 Å². The fraction of sp³-hybridized carbons (Fsp3) is 0.125. The molecule has 0 saturated carbocycles. The molecule has 0 atom stereocenters. The number of aromatic nitrogens is 1. The molecule has 0 radical (unpaired) electrons. The minimum atomic E-state index is -0.193. The van der Waals surface area contributed by atoms with Crippen molar-refractivity contribution < 1.29 is 4.39 Å². The van der Waals surface area contributed by atoms with E-state index in [4.69, 9.17) is 0 Å². The molecule has 0 saturated heterocycles. The molecule has 1 aromatic heterocycles. The Morgan fingerprint density at radius 1 is 0.895 bits per heavy atom. The predicted molar refractivity (Wildman–Crippen MR) is 75.2 cm³/mol. The molecule has 2 aromatic carbocycles. The van der Waals surface area contributed by atoms with E-state index >= 15 is 0 Å². The van der Waals surface area contributed by atoms with Crippen molar-refractivity contribution >= 4 is 10.9 Å². The zero-order valence-corrected chi connectivity index (χ0v) is 10.5. The van der Waals surface area contributed by atoms with Crippen molar-refractivity contribution in [1.29, 1.82) is 0 Å². The highest BCUT2D eigenvalue weighted by atomic mass is 19.1. The standard InChI is InChI=1S/C16H15FN2/c17-15-4-1-12(2-5-15)10-18-11-13-3-6-16-14(9-13)7-8-19-16/h1-9,18-19H,10-11H2. The number of benzene rings is 2. The SMILES string of the molecule is Fc1ccc(CNCc2ccc3[nH]ccc3c2)cc1. The van der Waals surface area contributed by atoms with Gasteiger partial charge in [0.15, 0.2) is 0 Å². The minimum absolute atomic E-state index is 0.193. The van der Waals surface area contributed by atoms with Crippen LogP contribution < -0.4 is 5.32 Å². The van der Waals surface area contributed by atoms with Gasteiger partial charge < -0.3 is 10.3 Å². The Hall–Kier alpha value is -2.13. The molecule has 3 aromatic rings. The average molecular weight is 254 g/mol. The maximum atomic E-state index is 12.8. The fourth-order valence-electron chi connectivity index (χ4n) is 2.17. The van der Waals surface area contributed by atoms with Crippen molar-refractivity contribution in [3.05, 3.63) is 71.7 Å². The molecule has 0 aliphatic carbocycles. The van der Waals surface area contributed by atoms with Crippen molar-refractivity contribution in [2.75, 3.05) is 0 Å². The van der Waals surface area contributed by atoms with Gasteiger partial charge >= 0.3 is 0 Å². The molecule has 0 aliphatic rings. The largest absolute Gasteiger partial charge is 0.361 e. The molecule has 0 spiro atoms. The molecular formula is C16H15FN2. The molecule has 0 bridgehead atoms. The zero-order chi connectivity index (χ0) is 13.1. The maximum absolute atomic E-state index is 12.8. The van der Waals surface area contributed by atoms with Crippen LogP contribution in [-0.2, 0) is 13.1 Å². The summed E-state index contributed by atoms with van der Waals surface area (Å²) in [4.78, 5) is 3.18. The molecule has 0 unspecified atom stereocenters. The lowest BCUT2D eigenvalue weighted by Gasteiger charge is -2.05. The topological polar surface area (TPSA) is 27.8 Å². The normalized spacial score (nSPS) is 11.0. The summed E-state index contributed by atoms with van der Waals surface area (Å²) in [5.74, 6) is -0.193. The van der Waals surface area contributed by atoms with Gasteiger partial charge in [0.1, 0.15) is 5.82 Å². The minimum Gasteiger partial charge on any atom is -0.361 e. The molecule has 19 heavy (non-hydrogen) atoms. The van der Waals surface area contributed by atoms with E-state index < -0.39 is 0 Å². The van der Waals surface area contributed by atoms with Gasteiger partial charge in [-0.2, -0.15) is 0 Å². The van der Waals surface area contributed by atoms with Crippen LogP contribution in [0.2, 0.25) is 0 Å². The predicted octanol–water partition coefficient (Wildman–Crippen LogP) is 3.60. The first-order valence-electron chi connectivity index (χ1n) is 6.32. The van der Waals surface area contributed by atoms with Crippen LogP contribution in [0.25, 0.3) is 10.9 Å². The summed E-state index contributed by atoms with van der Waals surface area (Å²) in [6.45, 7) is 1.55. The van der Waals surface area contributed by atoms with Crippen molar-refractivity contribution in [2.45, 2.75) is 13.1 Å². The number of H-pyrrole nitrogens is 1. The number of fused-ring (bicyclic) bond motifs is 1. The van der Waals surface area contributed by atoms with E-state index in [1.165, 1.54) is 23.1 Å². The highest BCUT2D eigenvalue weighted by Crippen LogP contribution is 2.14. The molecule has 1 heterocycles. The highest BCUT2D eigenvalue weighted by Gasteiger charge is 1.98. The molecule has 2 N–H and O–H groups in total. The van der Waals surface area contributed by atoms with E-state index in [9.17, 15) is 4.39 Å². The Morgan fingerprint density at radius 3 is 2.47 bits per heavy atom. The van der Waals surface area contributed by atoms with Crippen LogP contribution in [0.1, 0.15) is 11.1 Å². The molecule has 0 fully saturated rings. The van der Waals surface area contributed by atoms with Gasteiger partial charge in [0, 0.05) is 24.8 Å². The van der Waals surface area contributed by atoms with Crippen molar-refractivity contribution in [3.8, 4) is 0 Å². The number of hydrogen-bond acceptors (Lipinski definition) is 1. The second kappa shape index (κ2) is 5.24. The van der Waals surface area contributed by atoms with E-state index in [-0.39, 0.29) is 5.82 Å². The van der Waals surface area contributed by atoms with Crippen molar-refractivity contribution in [3.63, 3.8) is 0 Å². The summed E-state index contributed by atoms with van der Waals surface area (Å²) in [6.07, 6.45) is 1.94. The molecule has 0 amide bonds. The molecular weight excluding hydrogens is 239 g/mol. The third-order valence-electron chi connectivity index (χ3n) is 3.19. The van der Waals surface area contributed by atoms with Crippen LogP contribution in [0.15, 0.2) is 54.7 Å². The van der Waals surface area contributed by atoms with Crippen molar-refractivity contribution in [2.24, 2.45) is 0 Å². The zero-order valence-electron chi connectivity index (χ0n) is 10.5. The smallest absolute Gasteiger partial charge is 0.123 e. The third-order valence-corrected chi connectivity index (χ3v) is 3.19.